The van der Waals surface area contributed by atoms with E-state index < -0.39 is 6.10 Å². The topological polar surface area (TPSA) is 131 Å². The van der Waals surface area contributed by atoms with Crippen LogP contribution in [-0.2, 0) is 4.79 Å². The van der Waals surface area contributed by atoms with E-state index >= 15 is 0 Å². The van der Waals surface area contributed by atoms with Gasteiger partial charge in [0, 0.05) is 45.5 Å². The van der Waals surface area contributed by atoms with E-state index in [0.717, 1.165) is 37.2 Å². The van der Waals surface area contributed by atoms with E-state index in [1.165, 1.54) is 11.8 Å². The van der Waals surface area contributed by atoms with Crippen molar-refractivity contribution in [2.24, 2.45) is 9.98 Å². The number of piperidine rings is 1. The quantitative estimate of drug-likeness (QED) is 0.196. The summed E-state index contributed by atoms with van der Waals surface area (Å²) < 4.78 is 5.57. The summed E-state index contributed by atoms with van der Waals surface area (Å²) in [5.41, 5.74) is 2.10. The average Bonchev–Trinajstić information content (AvgIpc) is 3.29. The van der Waals surface area contributed by atoms with Crippen molar-refractivity contribution in [3.05, 3.63) is 59.0 Å². The highest BCUT2D eigenvalue weighted by Gasteiger charge is 2.24. The van der Waals surface area contributed by atoms with E-state index in [1.54, 1.807) is 38.4 Å². The van der Waals surface area contributed by atoms with Gasteiger partial charge in [-0.2, -0.15) is 4.99 Å². The number of aliphatic imine (C=N–C) groups is 2. The van der Waals surface area contributed by atoms with Crippen LogP contribution in [0.25, 0.3) is 6.08 Å². The summed E-state index contributed by atoms with van der Waals surface area (Å²) >= 11 is 1.29. The van der Waals surface area contributed by atoms with Crippen molar-refractivity contribution in [2.75, 3.05) is 45.2 Å². The maximum absolute atomic E-state index is 12.3. The third kappa shape index (κ3) is 7.73. The Bertz CT molecular complexity index is 1180. The summed E-state index contributed by atoms with van der Waals surface area (Å²) in [5.74, 6) is 1.08. The number of amides is 1. The molecule has 2 heterocycles. The molecule has 202 valence electrons. The highest BCUT2D eigenvalue weighted by Crippen LogP contribution is 2.27. The molecule has 38 heavy (non-hydrogen) atoms. The Balaban J connectivity index is 1.21. The number of hydrogen-bond donors (Lipinski definition) is 5. The molecule has 2 fully saturated rings. The van der Waals surface area contributed by atoms with Crippen LogP contribution in [-0.4, -0.2) is 79.7 Å². The molecule has 0 aromatic heterocycles. The van der Waals surface area contributed by atoms with Crippen LogP contribution >= 0.6 is 11.8 Å². The molecule has 0 bridgehead atoms. The predicted octanol–water partition coefficient (Wildman–Crippen LogP) is 2.16. The van der Waals surface area contributed by atoms with Crippen molar-refractivity contribution in [2.45, 2.75) is 25.0 Å². The maximum atomic E-state index is 12.3. The fraction of sp³-hybridized carbons (Fsp3) is 0.370. The number of carbonyl (C=O) groups is 1. The zero-order valence-electron chi connectivity index (χ0n) is 21.6. The minimum Gasteiger partial charge on any atom is -0.508 e. The number of phenols is 1. The second-order valence-corrected chi connectivity index (χ2v) is 10.0. The van der Waals surface area contributed by atoms with Crippen LogP contribution in [0.3, 0.4) is 0 Å². The minimum atomic E-state index is -0.615. The van der Waals surface area contributed by atoms with Gasteiger partial charge in [-0.1, -0.05) is 12.1 Å². The smallest absolute Gasteiger partial charge is 0.264 e. The lowest BCUT2D eigenvalue weighted by Crippen LogP contribution is -2.45. The normalized spacial score (nSPS) is 19.6. The Hall–Kier alpha value is -3.54. The minimum absolute atomic E-state index is 0.170. The van der Waals surface area contributed by atoms with Gasteiger partial charge in [0.05, 0.1) is 4.91 Å². The molecule has 1 amide bonds. The van der Waals surface area contributed by atoms with Gasteiger partial charge >= 0.3 is 0 Å². The summed E-state index contributed by atoms with van der Waals surface area (Å²) in [5, 5.41) is 29.2. The van der Waals surface area contributed by atoms with Crippen LogP contribution in [0.5, 0.6) is 11.5 Å². The number of amidine groups is 1. The largest absolute Gasteiger partial charge is 0.508 e. The Labute approximate surface area is 226 Å². The highest BCUT2D eigenvalue weighted by molar-refractivity contribution is 8.18. The standard InChI is InChI=1S/C27H34N6O4S/c1-28-26(29-2)32-27-31-25(36)24(38-27)15-18-3-5-20(6-4-18)33-13-11-19(12-14-33)30-16-22(35)17-37-23-9-7-21(34)8-10-23/h3-10,15,19,22,30,34-35H,11-14,16-17H2,1-2H3,(H2,28,29,31,32,36)/b24-15-. The first kappa shape index (κ1) is 27.5. The molecule has 2 aromatic carbocycles. The molecule has 2 aliphatic heterocycles. The van der Waals surface area contributed by atoms with E-state index in [1.807, 2.05) is 18.2 Å². The van der Waals surface area contributed by atoms with Crippen molar-refractivity contribution in [1.82, 2.24) is 16.0 Å². The van der Waals surface area contributed by atoms with E-state index in [2.05, 4.69) is 43.0 Å². The third-order valence-corrected chi connectivity index (χ3v) is 7.18. The first-order chi connectivity index (χ1) is 18.4. The molecule has 2 aliphatic rings. The van der Waals surface area contributed by atoms with Crippen LogP contribution in [0, 0.1) is 0 Å². The number of thioether (sulfide) groups is 1. The monoisotopic (exact) mass is 538 g/mol. The van der Waals surface area contributed by atoms with Gasteiger partial charge in [0.15, 0.2) is 5.17 Å². The molecule has 4 rings (SSSR count). The Morgan fingerprint density at radius 3 is 2.58 bits per heavy atom. The number of aliphatic hydroxyl groups excluding tert-OH is 1. The summed E-state index contributed by atoms with van der Waals surface area (Å²) in [6.07, 6.45) is 3.20. The first-order valence-electron chi connectivity index (χ1n) is 12.6. The molecule has 2 saturated heterocycles. The SMILES string of the molecule is CN=C(/N=C1\NC(=O)/C(=C/c2ccc(N3CCC(NCC(O)COc4ccc(O)cc4)CC3)cc2)S1)NC. The van der Waals surface area contributed by atoms with Crippen LogP contribution in [0.2, 0.25) is 0 Å². The fourth-order valence-electron chi connectivity index (χ4n) is 4.17. The van der Waals surface area contributed by atoms with Crippen LogP contribution < -0.4 is 25.6 Å². The zero-order chi connectivity index (χ0) is 26.9. The molecular formula is C27H34N6O4S. The summed E-state index contributed by atoms with van der Waals surface area (Å²) in [6.45, 7) is 2.50. The molecule has 5 N–H and O–H groups in total. The first-order valence-corrected chi connectivity index (χ1v) is 13.4. The van der Waals surface area contributed by atoms with Gasteiger partial charge in [-0.15, -0.1) is 0 Å². The van der Waals surface area contributed by atoms with Gasteiger partial charge in [0.1, 0.15) is 24.2 Å². The lowest BCUT2D eigenvalue weighted by molar-refractivity contribution is -0.115. The summed E-state index contributed by atoms with van der Waals surface area (Å²) in [6, 6.07) is 15.0. The van der Waals surface area contributed by atoms with Crippen molar-refractivity contribution in [3.8, 4) is 11.5 Å². The number of aromatic hydroxyl groups is 1. The molecule has 0 spiro atoms. The Kier molecular flexibility index (Phi) is 9.63. The van der Waals surface area contributed by atoms with Gasteiger partial charge in [0.2, 0.25) is 5.96 Å². The number of hydrogen-bond acceptors (Lipinski definition) is 8. The maximum Gasteiger partial charge on any atom is 0.264 e. The fourth-order valence-corrected chi connectivity index (χ4v) is 4.99. The molecular weight excluding hydrogens is 504 g/mol. The molecule has 11 heteroatoms. The third-order valence-electron chi connectivity index (χ3n) is 6.27. The lowest BCUT2D eigenvalue weighted by Gasteiger charge is -2.34. The van der Waals surface area contributed by atoms with Crippen molar-refractivity contribution in [1.29, 1.82) is 0 Å². The van der Waals surface area contributed by atoms with E-state index in [9.17, 15) is 15.0 Å². The van der Waals surface area contributed by atoms with E-state index in [0.29, 0.717) is 34.4 Å². The number of ether oxygens (including phenoxy) is 1. The van der Waals surface area contributed by atoms with E-state index in [-0.39, 0.29) is 18.3 Å². The molecule has 0 saturated carbocycles. The van der Waals surface area contributed by atoms with E-state index in [4.69, 9.17) is 4.74 Å². The van der Waals surface area contributed by atoms with Gasteiger partial charge in [0.25, 0.3) is 5.91 Å². The second-order valence-electron chi connectivity index (χ2n) is 9.00. The molecule has 0 aliphatic carbocycles. The zero-order valence-corrected chi connectivity index (χ0v) is 22.4. The highest BCUT2D eigenvalue weighted by atomic mass is 32.2. The van der Waals surface area contributed by atoms with Gasteiger partial charge in [-0.3, -0.25) is 9.79 Å². The number of benzene rings is 2. The Morgan fingerprint density at radius 2 is 1.92 bits per heavy atom. The number of aliphatic hydroxyl groups is 1. The molecule has 1 atom stereocenters. The van der Waals surface area contributed by atoms with Crippen molar-refractivity contribution < 1.29 is 19.7 Å². The van der Waals surface area contributed by atoms with Crippen LogP contribution in [0.1, 0.15) is 18.4 Å². The van der Waals surface area contributed by atoms with Crippen LogP contribution in [0.4, 0.5) is 5.69 Å². The average molecular weight is 539 g/mol. The van der Waals surface area contributed by atoms with Crippen molar-refractivity contribution in [3.63, 3.8) is 0 Å². The van der Waals surface area contributed by atoms with Crippen molar-refractivity contribution >= 4 is 40.6 Å². The summed E-state index contributed by atoms with van der Waals surface area (Å²) in [4.78, 5) is 23.5. The molecule has 2 aromatic rings. The Morgan fingerprint density at radius 1 is 1.21 bits per heavy atom. The summed E-state index contributed by atoms with van der Waals surface area (Å²) in [7, 11) is 3.37. The number of rotatable bonds is 8. The number of nitrogens with one attached hydrogen (secondary N) is 3. The van der Waals surface area contributed by atoms with Crippen LogP contribution in [0.15, 0.2) is 63.4 Å². The van der Waals surface area contributed by atoms with Gasteiger partial charge < -0.3 is 35.8 Å². The molecule has 10 nitrogen and oxygen atoms in total. The lowest BCUT2D eigenvalue weighted by atomic mass is 10.0. The van der Waals surface area contributed by atoms with Gasteiger partial charge in [-0.05, 0) is 72.6 Å². The molecule has 0 radical (unpaired) electrons. The number of phenolic OH excluding ortho intramolecular Hbond substituents is 1. The second kappa shape index (κ2) is 13.3. The predicted molar refractivity (Wildman–Crippen MR) is 153 cm³/mol. The van der Waals surface area contributed by atoms with Gasteiger partial charge in [-0.25, -0.2) is 0 Å². The molecule has 1 unspecified atom stereocenters. The number of carbonyl (C=O) groups excluding carboxylic acids is 1. The number of nitrogens with zero attached hydrogens (tertiary/aromatic N) is 3. The number of guanidine groups is 1. The number of anilines is 1.